The summed E-state index contributed by atoms with van der Waals surface area (Å²) in [6.45, 7) is 7.92. The molecule has 1 saturated heterocycles. The maximum absolute atomic E-state index is 11.6. The van der Waals surface area contributed by atoms with Crippen LogP contribution in [-0.2, 0) is 4.79 Å². The number of amides is 1. The van der Waals surface area contributed by atoms with Gasteiger partial charge in [-0.05, 0) is 20.0 Å². The fraction of sp³-hybridized carbons (Fsp3) is 0.900. The van der Waals surface area contributed by atoms with Crippen molar-refractivity contribution in [3.8, 4) is 0 Å². The van der Waals surface area contributed by atoms with Crippen LogP contribution in [0.25, 0.3) is 0 Å². The number of nitrogens with zero attached hydrogens (tertiary/aromatic N) is 1. The summed E-state index contributed by atoms with van der Waals surface area (Å²) >= 11 is 0. The summed E-state index contributed by atoms with van der Waals surface area (Å²) in [4.78, 5) is 13.8. The van der Waals surface area contributed by atoms with Gasteiger partial charge in [0.05, 0.1) is 0 Å². The fourth-order valence-electron chi connectivity index (χ4n) is 1.45. The molecule has 0 aromatic carbocycles. The van der Waals surface area contributed by atoms with Crippen LogP contribution in [0.3, 0.4) is 0 Å². The Morgan fingerprint density at radius 3 is 2.46 bits per heavy atom. The molecular formula is C10H20N2O. The molecule has 13 heavy (non-hydrogen) atoms. The summed E-state index contributed by atoms with van der Waals surface area (Å²) < 4.78 is 0. The number of likely N-dealkylation sites (N-methyl/N-ethyl adjacent to an activating group) is 1. The Labute approximate surface area is 80.5 Å². The number of hydrogen-bond donors (Lipinski definition) is 1. The molecule has 76 valence electrons. The van der Waals surface area contributed by atoms with E-state index in [1.165, 1.54) is 0 Å². The molecule has 1 aliphatic rings. The van der Waals surface area contributed by atoms with E-state index in [0.717, 1.165) is 19.5 Å². The van der Waals surface area contributed by atoms with Gasteiger partial charge in [-0.15, -0.1) is 0 Å². The summed E-state index contributed by atoms with van der Waals surface area (Å²) in [7, 11) is 2.09. The van der Waals surface area contributed by atoms with Crippen molar-refractivity contribution < 1.29 is 4.79 Å². The largest absolute Gasteiger partial charge is 0.352 e. The molecule has 0 aliphatic carbocycles. The van der Waals surface area contributed by atoms with E-state index in [-0.39, 0.29) is 11.3 Å². The molecule has 1 fully saturated rings. The molecule has 0 saturated carbocycles. The van der Waals surface area contributed by atoms with Crippen LogP contribution >= 0.6 is 0 Å². The summed E-state index contributed by atoms with van der Waals surface area (Å²) in [5, 5.41) is 3.07. The quantitative estimate of drug-likeness (QED) is 0.655. The Morgan fingerprint density at radius 2 is 2.08 bits per heavy atom. The Morgan fingerprint density at radius 1 is 1.46 bits per heavy atom. The molecule has 3 nitrogen and oxygen atoms in total. The van der Waals surface area contributed by atoms with Crippen LogP contribution in [0.4, 0.5) is 0 Å². The molecule has 0 radical (unpaired) electrons. The molecule has 1 aliphatic heterocycles. The van der Waals surface area contributed by atoms with E-state index in [1.54, 1.807) is 0 Å². The fourth-order valence-corrected chi connectivity index (χ4v) is 1.45. The molecule has 1 atom stereocenters. The van der Waals surface area contributed by atoms with Crippen molar-refractivity contribution >= 4 is 5.91 Å². The third-order valence-corrected chi connectivity index (χ3v) is 2.41. The monoisotopic (exact) mass is 184 g/mol. The van der Waals surface area contributed by atoms with Crippen LogP contribution in [-0.4, -0.2) is 37.0 Å². The zero-order valence-electron chi connectivity index (χ0n) is 9.05. The van der Waals surface area contributed by atoms with Gasteiger partial charge in [-0.2, -0.15) is 0 Å². The molecule has 0 spiro atoms. The Kier molecular flexibility index (Phi) is 2.96. The molecular weight excluding hydrogens is 164 g/mol. The van der Waals surface area contributed by atoms with E-state index in [9.17, 15) is 4.79 Å². The standard InChI is InChI=1S/C10H20N2O/c1-10(2,3)9(13)11-8-5-6-12(4)7-8/h8H,5-7H2,1-4H3,(H,11,13). The second kappa shape index (κ2) is 3.66. The van der Waals surface area contributed by atoms with Crippen molar-refractivity contribution in [2.45, 2.75) is 33.2 Å². The maximum atomic E-state index is 11.6. The van der Waals surface area contributed by atoms with Gasteiger partial charge in [-0.3, -0.25) is 4.79 Å². The molecule has 1 amide bonds. The van der Waals surface area contributed by atoms with Gasteiger partial charge in [0.2, 0.25) is 5.91 Å². The van der Waals surface area contributed by atoms with Crippen LogP contribution in [0, 0.1) is 5.41 Å². The van der Waals surface area contributed by atoms with Crippen molar-refractivity contribution in [1.82, 2.24) is 10.2 Å². The summed E-state index contributed by atoms with van der Waals surface area (Å²) in [5.74, 6) is 0.160. The second-order valence-electron chi connectivity index (χ2n) is 4.97. The molecule has 1 unspecified atom stereocenters. The topological polar surface area (TPSA) is 32.3 Å². The SMILES string of the molecule is CN1CCC(NC(=O)C(C)(C)C)C1. The third-order valence-electron chi connectivity index (χ3n) is 2.41. The van der Waals surface area contributed by atoms with E-state index in [4.69, 9.17) is 0 Å². The highest BCUT2D eigenvalue weighted by Crippen LogP contribution is 2.15. The maximum Gasteiger partial charge on any atom is 0.225 e. The minimum absolute atomic E-state index is 0.160. The van der Waals surface area contributed by atoms with Gasteiger partial charge >= 0.3 is 0 Å². The van der Waals surface area contributed by atoms with E-state index in [2.05, 4.69) is 17.3 Å². The van der Waals surface area contributed by atoms with Crippen molar-refractivity contribution in [2.24, 2.45) is 5.41 Å². The Hall–Kier alpha value is -0.570. The highest BCUT2D eigenvalue weighted by molar-refractivity contribution is 5.81. The Bertz CT molecular complexity index is 196. The van der Waals surface area contributed by atoms with Crippen molar-refractivity contribution in [3.05, 3.63) is 0 Å². The van der Waals surface area contributed by atoms with Gasteiger partial charge in [0.1, 0.15) is 0 Å². The molecule has 3 heteroatoms. The van der Waals surface area contributed by atoms with Crippen LogP contribution in [0.1, 0.15) is 27.2 Å². The average Bonchev–Trinajstić information content (AvgIpc) is 2.33. The molecule has 0 aromatic rings. The van der Waals surface area contributed by atoms with Crippen LogP contribution in [0.2, 0.25) is 0 Å². The molecule has 0 bridgehead atoms. The first-order chi connectivity index (χ1) is 5.89. The summed E-state index contributed by atoms with van der Waals surface area (Å²) in [6, 6.07) is 0.358. The minimum atomic E-state index is -0.263. The third kappa shape index (κ3) is 2.99. The molecule has 1 rings (SSSR count). The van der Waals surface area contributed by atoms with E-state index < -0.39 is 0 Å². The first kappa shape index (κ1) is 10.5. The zero-order chi connectivity index (χ0) is 10.1. The lowest BCUT2D eigenvalue weighted by Gasteiger charge is -2.21. The van der Waals surface area contributed by atoms with Gasteiger partial charge < -0.3 is 10.2 Å². The van der Waals surface area contributed by atoms with Crippen molar-refractivity contribution in [1.29, 1.82) is 0 Å². The predicted octanol–water partition coefficient (Wildman–Crippen LogP) is 0.853. The van der Waals surface area contributed by atoms with E-state index in [0.29, 0.717) is 6.04 Å². The first-order valence-corrected chi connectivity index (χ1v) is 4.89. The van der Waals surface area contributed by atoms with E-state index >= 15 is 0 Å². The van der Waals surface area contributed by atoms with Crippen LogP contribution in [0.5, 0.6) is 0 Å². The first-order valence-electron chi connectivity index (χ1n) is 4.89. The number of carbonyl (C=O) groups is 1. The zero-order valence-corrected chi connectivity index (χ0v) is 9.05. The lowest BCUT2D eigenvalue weighted by Crippen LogP contribution is -2.42. The highest BCUT2D eigenvalue weighted by Gasteiger charge is 2.26. The number of carbonyl (C=O) groups excluding carboxylic acids is 1. The highest BCUT2D eigenvalue weighted by atomic mass is 16.2. The molecule has 1 N–H and O–H groups in total. The predicted molar refractivity (Wildman–Crippen MR) is 53.5 cm³/mol. The molecule has 0 aromatic heterocycles. The minimum Gasteiger partial charge on any atom is -0.352 e. The van der Waals surface area contributed by atoms with Gasteiger partial charge in [0.25, 0.3) is 0 Å². The summed E-state index contributed by atoms with van der Waals surface area (Å²) in [5.41, 5.74) is -0.263. The average molecular weight is 184 g/mol. The lowest BCUT2D eigenvalue weighted by atomic mass is 9.95. The molecule has 1 heterocycles. The normalized spacial score (nSPS) is 24.8. The number of hydrogen-bond acceptors (Lipinski definition) is 2. The number of nitrogens with one attached hydrogen (secondary N) is 1. The van der Waals surface area contributed by atoms with Gasteiger partial charge in [0.15, 0.2) is 0 Å². The van der Waals surface area contributed by atoms with Gasteiger partial charge in [-0.1, -0.05) is 20.8 Å². The van der Waals surface area contributed by atoms with Gasteiger partial charge in [0, 0.05) is 18.0 Å². The lowest BCUT2D eigenvalue weighted by molar-refractivity contribution is -0.129. The van der Waals surface area contributed by atoms with Crippen LogP contribution < -0.4 is 5.32 Å². The van der Waals surface area contributed by atoms with Gasteiger partial charge in [-0.25, -0.2) is 0 Å². The van der Waals surface area contributed by atoms with Crippen molar-refractivity contribution in [3.63, 3.8) is 0 Å². The smallest absolute Gasteiger partial charge is 0.225 e. The van der Waals surface area contributed by atoms with Crippen molar-refractivity contribution in [2.75, 3.05) is 20.1 Å². The van der Waals surface area contributed by atoms with E-state index in [1.807, 2.05) is 20.8 Å². The number of likely N-dealkylation sites (tertiary alicyclic amines) is 1. The second-order valence-corrected chi connectivity index (χ2v) is 4.97. The summed E-state index contributed by atoms with van der Waals surface area (Å²) in [6.07, 6.45) is 1.08. The Balaban J connectivity index is 2.37. The van der Waals surface area contributed by atoms with Crippen LogP contribution in [0.15, 0.2) is 0 Å². The number of rotatable bonds is 1.